The SMILES string of the molecule is NC1(CC(=O)OCC2CC2)CCCCC1. The lowest BCUT2D eigenvalue weighted by molar-refractivity contribution is -0.145. The van der Waals surface area contributed by atoms with E-state index >= 15 is 0 Å². The normalized spacial score (nSPS) is 24.9. The van der Waals surface area contributed by atoms with Gasteiger partial charge in [0.15, 0.2) is 0 Å². The zero-order valence-electron chi connectivity index (χ0n) is 9.34. The van der Waals surface area contributed by atoms with Crippen LogP contribution in [0.2, 0.25) is 0 Å². The van der Waals surface area contributed by atoms with Gasteiger partial charge in [-0.25, -0.2) is 0 Å². The number of esters is 1. The molecule has 0 aliphatic heterocycles. The Hall–Kier alpha value is -0.570. The van der Waals surface area contributed by atoms with Gasteiger partial charge in [-0.1, -0.05) is 19.3 Å². The molecule has 2 aliphatic rings. The fourth-order valence-corrected chi connectivity index (χ4v) is 2.27. The fourth-order valence-electron chi connectivity index (χ4n) is 2.27. The first kappa shape index (κ1) is 10.9. The van der Waals surface area contributed by atoms with Crippen molar-refractivity contribution in [3.05, 3.63) is 0 Å². The van der Waals surface area contributed by atoms with Crippen LogP contribution in [0, 0.1) is 5.92 Å². The lowest BCUT2D eigenvalue weighted by Gasteiger charge is -2.32. The van der Waals surface area contributed by atoms with Crippen LogP contribution in [0.15, 0.2) is 0 Å². The van der Waals surface area contributed by atoms with E-state index in [1.54, 1.807) is 0 Å². The molecule has 3 nitrogen and oxygen atoms in total. The number of ether oxygens (including phenoxy) is 1. The highest BCUT2D eigenvalue weighted by Gasteiger charge is 2.31. The third kappa shape index (κ3) is 3.49. The van der Waals surface area contributed by atoms with Crippen molar-refractivity contribution in [1.29, 1.82) is 0 Å². The van der Waals surface area contributed by atoms with Crippen LogP contribution in [-0.2, 0) is 9.53 Å². The van der Waals surface area contributed by atoms with E-state index in [0.717, 1.165) is 25.7 Å². The molecule has 0 amide bonds. The summed E-state index contributed by atoms with van der Waals surface area (Å²) in [7, 11) is 0. The van der Waals surface area contributed by atoms with Gasteiger partial charge in [0.1, 0.15) is 0 Å². The predicted octanol–water partition coefficient (Wildman–Crippen LogP) is 1.99. The fraction of sp³-hybridized carbons (Fsp3) is 0.917. The van der Waals surface area contributed by atoms with Crippen molar-refractivity contribution in [3.63, 3.8) is 0 Å². The van der Waals surface area contributed by atoms with Gasteiger partial charge in [-0.05, 0) is 31.6 Å². The Balaban J connectivity index is 1.70. The maximum Gasteiger partial charge on any atom is 0.307 e. The summed E-state index contributed by atoms with van der Waals surface area (Å²) in [5, 5.41) is 0. The molecule has 2 fully saturated rings. The Morgan fingerprint density at radius 2 is 1.93 bits per heavy atom. The quantitative estimate of drug-likeness (QED) is 0.723. The van der Waals surface area contributed by atoms with Crippen LogP contribution in [0.1, 0.15) is 51.4 Å². The molecule has 2 aliphatic carbocycles. The predicted molar refractivity (Wildman–Crippen MR) is 58.3 cm³/mol. The van der Waals surface area contributed by atoms with Gasteiger partial charge in [0.05, 0.1) is 13.0 Å². The first-order chi connectivity index (χ1) is 7.18. The molecule has 0 bridgehead atoms. The second kappa shape index (κ2) is 4.52. The molecule has 3 heteroatoms. The van der Waals surface area contributed by atoms with E-state index in [2.05, 4.69) is 0 Å². The van der Waals surface area contributed by atoms with Crippen LogP contribution in [0.4, 0.5) is 0 Å². The topological polar surface area (TPSA) is 52.3 Å². The molecule has 0 spiro atoms. The zero-order valence-corrected chi connectivity index (χ0v) is 9.34. The summed E-state index contributed by atoms with van der Waals surface area (Å²) in [5.74, 6) is 0.556. The van der Waals surface area contributed by atoms with Gasteiger partial charge in [0, 0.05) is 5.54 Å². The van der Waals surface area contributed by atoms with Crippen LogP contribution in [0.5, 0.6) is 0 Å². The standard InChI is InChI=1S/C12H21NO2/c13-12(6-2-1-3-7-12)8-11(14)15-9-10-4-5-10/h10H,1-9,13H2. The highest BCUT2D eigenvalue weighted by atomic mass is 16.5. The smallest absolute Gasteiger partial charge is 0.307 e. The third-order valence-corrected chi connectivity index (χ3v) is 3.52. The van der Waals surface area contributed by atoms with Gasteiger partial charge in [0.2, 0.25) is 0 Å². The maximum absolute atomic E-state index is 11.5. The number of hydrogen-bond donors (Lipinski definition) is 1. The molecular weight excluding hydrogens is 190 g/mol. The Kier molecular flexibility index (Phi) is 3.29. The minimum absolute atomic E-state index is 0.0914. The Bertz CT molecular complexity index is 230. The maximum atomic E-state index is 11.5. The monoisotopic (exact) mass is 211 g/mol. The van der Waals surface area contributed by atoms with Crippen LogP contribution in [-0.4, -0.2) is 18.1 Å². The highest BCUT2D eigenvalue weighted by Crippen LogP contribution is 2.31. The number of rotatable bonds is 4. The number of hydrogen-bond acceptors (Lipinski definition) is 3. The molecule has 15 heavy (non-hydrogen) atoms. The Labute approximate surface area is 91.4 Å². The Morgan fingerprint density at radius 3 is 2.53 bits per heavy atom. The van der Waals surface area contributed by atoms with Gasteiger partial charge in [-0.3, -0.25) is 4.79 Å². The van der Waals surface area contributed by atoms with Crippen molar-refractivity contribution in [2.45, 2.75) is 56.9 Å². The molecular formula is C12H21NO2. The lowest BCUT2D eigenvalue weighted by atomic mass is 9.80. The summed E-state index contributed by atoms with van der Waals surface area (Å²) < 4.78 is 5.21. The molecule has 0 aromatic rings. The van der Waals surface area contributed by atoms with E-state index in [9.17, 15) is 4.79 Å². The third-order valence-electron chi connectivity index (χ3n) is 3.52. The number of nitrogens with two attached hydrogens (primary N) is 1. The molecule has 2 N–H and O–H groups in total. The van der Waals surface area contributed by atoms with Gasteiger partial charge >= 0.3 is 5.97 Å². The average Bonchev–Trinajstić information content (AvgIpc) is 2.98. The molecule has 0 atom stereocenters. The minimum Gasteiger partial charge on any atom is -0.465 e. The van der Waals surface area contributed by atoms with Crippen molar-refractivity contribution < 1.29 is 9.53 Å². The summed E-state index contributed by atoms with van der Waals surface area (Å²) in [4.78, 5) is 11.5. The second-order valence-electron chi connectivity index (χ2n) is 5.23. The molecule has 0 aromatic carbocycles. The van der Waals surface area contributed by atoms with Crippen molar-refractivity contribution in [1.82, 2.24) is 0 Å². The van der Waals surface area contributed by atoms with Gasteiger partial charge in [-0.2, -0.15) is 0 Å². The van der Waals surface area contributed by atoms with Gasteiger partial charge in [0.25, 0.3) is 0 Å². The van der Waals surface area contributed by atoms with Crippen LogP contribution in [0.3, 0.4) is 0 Å². The van der Waals surface area contributed by atoms with Crippen molar-refractivity contribution >= 4 is 5.97 Å². The van der Waals surface area contributed by atoms with E-state index in [0.29, 0.717) is 18.9 Å². The summed E-state index contributed by atoms with van der Waals surface area (Å²) >= 11 is 0. The van der Waals surface area contributed by atoms with E-state index in [4.69, 9.17) is 10.5 Å². The zero-order chi connectivity index (χ0) is 10.7. The largest absolute Gasteiger partial charge is 0.465 e. The van der Waals surface area contributed by atoms with Gasteiger partial charge < -0.3 is 10.5 Å². The molecule has 2 saturated carbocycles. The van der Waals surface area contributed by atoms with E-state index in [-0.39, 0.29) is 11.5 Å². The minimum atomic E-state index is -0.265. The van der Waals surface area contributed by atoms with Crippen molar-refractivity contribution in [2.24, 2.45) is 11.7 Å². The molecule has 0 aromatic heterocycles. The van der Waals surface area contributed by atoms with Crippen LogP contribution in [0.25, 0.3) is 0 Å². The summed E-state index contributed by atoms with van der Waals surface area (Å²) in [5.41, 5.74) is 5.92. The lowest BCUT2D eigenvalue weighted by Crippen LogP contribution is -2.44. The van der Waals surface area contributed by atoms with Gasteiger partial charge in [-0.15, -0.1) is 0 Å². The molecule has 2 rings (SSSR count). The van der Waals surface area contributed by atoms with Crippen molar-refractivity contribution in [2.75, 3.05) is 6.61 Å². The second-order valence-corrected chi connectivity index (χ2v) is 5.23. The molecule has 0 heterocycles. The molecule has 0 radical (unpaired) electrons. The number of carbonyl (C=O) groups is 1. The first-order valence-electron chi connectivity index (χ1n) is 6.12. The van der Waals surface area contributed by atoms with Crippen LogP contribution < -0.4 is 5.73 Å². The van der Waals surface area contributed by atoms with E-state index < -0.39 is 0 Å². The summed E-state index contributed by atoms with van der Waals surface area (Å²) in [6.07, 6.45) is 8.40. The van der Waals surface area contributed by atoms with Crippen molar-refractivity contribution in [3.8, 4) is 0 Å². The van der Waals surface area contributed by atoms with E-state index in [1.165, 1.54) is 19.3 Å². The summed E-state index contributed by atoms with van der Waals surface area (Å²) in [6, 6.07) is 0. The van der Waals surface area contributed by atoms with E-state index in [1.807, 2.05) is 0 Å². The summed E-state index contributed by atoms with van der Waals surface area (Å²) in [6.45, 7) is 0.620. The Morgan fingerprint density at radius 1 is 1.27 bits per heavy atom. The first-order valence-corrected chi connectivity index (χ1v) is 6.12. The molecule has 86 valence electrons. The highest BCUT2D eigenvalue weighted by molar-refractivity contribution is 5.70. The molecule has 0 unspecified atom stereocenters. The molecule has 0 saturated heterocycles. The average molecular weight is 211 g/mol. The number of carbonyl (C=O) groups excluding carboxylic acids is 1. The van der Waals surface area contributed by atoms with Crippen LogP contribution >= 0.6 is 0 Å².